The quantitative estimate of drug-likeness (QED) is 0.746. The average Bonchev–Trinajstić information content (AvgIpc) is 2.47. The summed E-state index contributed by atoms with van der Waals surface area (Å²) in [5, 5.41) is 0. The van der Waals surface area contributed by atoms with Crippen molar-refractivity contribution in [3.05, 3.63) is 0 Å². The minimum absolute atomic E-state index is 0.128. The molecule has 2 saturated heterocycles. The highest BCUT2D eigenvalue weighted by Crippen LogP contribution is 2.18. The van der Waals surface area contributed by atoms with Gasteiger partial charge in [-0.2, -0.15) is 0 Å². The number of piperazine rings is 1. The Bertz CT molecular complexity index is 354. The molecule has 1 unspecified atom stereocenters. The van der Waals surface area contributed by atoms with Crippen LogP contribution in [0.5, 0.6) is 0 Å². The normalized spacial score (nSPS) is 24.6. The molecule has 6 nitrogen and oxygen atoms in total. The predicted octanol–water partition coefficient (Wildman–Crippen LogP) is 0.629. The van der Waals surface area contributed by atoms with Crippen LogP contribution in [-0.4, -0.2) is 79.6 Å². The lowest BCUT2D eigenvalue weighted by molar-refractivity contribution is -0.138. The molecule has 2 amide bonds. The maximum Gasteiger partial charge on any atom is 0.409 e. The molecule has 0 bridgehead atoms. The lowest BCUT2D eigenvalue weighted by Crippen LogP contribution is -2.53. The zero-order valence-electron chi connectivity index (χ0n) is 12.5. The van der Waals surface area contributed by atoms with Gasteiger partial charge in [-0.3, -0.25) is 4.79 Å². The van der Waals surface area contributed by atoms with E-state index in [1.807, 2.05) is 4.90 Å². The maximum absolute atomic E-state index is 12.5. The largest absolute Gasteiger partial charge is 0.450 e. The lowest BCUT2D eigenvalue weighted by atomic mass is 9.96. The van der Waals surface area contributed by atoms with Gasteiger partial charge in [-0.15, -0.1) is 0 Å². The second-order valence-corrected chi connectivity index (χ2v) is 5.61. The van der Waals surface area contributed by atoms with Crippen LogP contribution < -0.4 is 0 Å². The number of likely N-dealkylation sites (tertiary alicyclic amines) is 1. The number of ether oxygens (including phenoxy) is 1. The van der Waals surface area contributed by atoms with Crippen LogP contribution in [0.1, 0.15) is 19.8 Å². The first-order valence-corrected chi connectivity index (χ1v) is 7.51. The highest BCUT2D eigenvalue weighted by molar-refractivity contribution is 5.79. The average molecular weight is 283 g/mol. The van der Waals surface area contributed by atoms with Gasteiger partial charge < -0.3 is 19.4 Å². The Morgan fingerprint density at radius 3 is 2.35 bits per heavy atom. The summed E-state index contributed by atoms with van der Waals surface area (Å²) in [4.78, 5) is 29.9. The third-order valence-corrected chi connectivity index (χ3v) is 4.09. The minimum atomic E-state index is -0.267. The Labute approximate surface area is 120 Å². The van der Waals surface area contributed by atoms with E-state index < -0.39 is 0 Å². The van der Waals surface area contributed by atoms with Crippen molar-refractivity contribution < 1.29 is 14.3 Å². The molecule has 6 heteroatoms. The summed E-state index contributed by atoms with van der Waals surface area (Å²) in [5.74, 6) is 0.378. The van der Waals surface area contributed by atoms with Crippen LogP contribution in [-0.2, 0) is 9.53 Å². The van der Waals surface area contributed by atoms with Gasteiger partial charge in [-0.25, -0.2) is 4.79 Å². The SMILES string of the molecule is CCOC(=O)N1CCN(C(=O)C2CCCN(C)C2)CC1. The van der Waals surface area contributed by atoms with Gasteiger partial charge in [0, 0.05) is 32.7 Å². The fraction of sp³-hybridized carbons (Fsp3) is 0.857. The smallest absolute Gasteiger partial charge is 0.409 e. The number of nitrogens with zero attached hydrogens (tertiary/aromatic N) is 3. The van der Waals surface area contributed by atoms with Crippen LogP contribution in [0, 0.1) is 5.92 Å². The third kappa shape index (κ3) is 3.62. The molecule has 0 N–H and O–H groups in total. The second-order valence-electron chi connectivity index (χ2n) is 5.61. The van der Waals surface area contributed by atoms with Gasteiger partial charge in [0.05, 0.1) is 12.5 Å². The van der Waals surface area contributed by atoms with Gasteiger partial charge >= 0.3 is 6.09 Å². The standard InChI is InChI=1S/C14H25N3O3/c1-3-20-14(19)17-9-7-16(8-10-17)13(18)12-5-4-6-15(2)11-12/h12H,3-11H2,1-2H3. The number of hydrogen-bond donors (Lipinski definition) is 0. The first-order valence-electron chi connectivity index (χ1n) is 7.51. The van der Waals surface area contributed by atoms with E-state index in [4.69, 9.17) is 4.74 Å². The fourth-order valence-corrected chi connectivity index (χ4v) is 2.95. The third-order valence-electron chi connectivity index (χ3n) is 4.09. The Morgan fingerprint density at radius 1 is 1.10 bits per heavy atom. The maximum atomic E-state index is 12.5. The zero-order valence-corrected chi connectivity index (χ0v) is 12.5. The van der Waals surface area contributed by atoms with Gasteiger partial charge in [-0.1, -0.05) is 0 Å². The topological polar surface area (TPSA) is 53.1 Å². The number of carbonyl (C=O) groups is 2. The summed E-state index contributed by atoms with van der Waals surface area (Å²) >= 11 is 0. The van der Waals surface area contributed by atoms with Crippen molar-refractivity contribution in [2.75, 3.05) is 52.9 Å². The molecule has 0 aromatic carbocycles. The van der Waals surface area contributed by atoms with E-state index in [1.165, 1.54) is 0 Å². The fourth-order valence-electron chi connectivity index (χ4n) is 2.95. The van der Waals surface area contributed by atoms with Crippen molar-refractivity contribution >= 4 is 12.0 Å². The predicted molar refractivity (Wildman–Crippen MR) is 75.4 cm³/mol. The molecule has 2 aliphatic rings. The molecule has 2 aliphatic heterocycles. The van der Waals surface area contributed by atoms with Crippen LogP contribution in [0.2, 0.25) is 0 Å². The van der Waals surface area contributed by atoms with Crippen molar-refractivity contribution in [3.8, 4) is 0 Å². The van der Waals surface area contributed by atoms with E-state index in [1.54, 1.807) is 11.8 Å². The number of carbonyl (C=O) groups excluding carboxylic acids is 2. The first kappa shape index (κ1) is 15.1. The van der Waals surface area contributed by atoms with Crippen molar-refractivity contribution in [2.45, 2.75) is 19.8 Å². The van der Waals surface area contributed by atoms with Gasteiger partial charge in [0.2, 0.25) is 5.91 Å². The van der Waals surface area contributed by atoms with Gasteiger partial charge in [0.15, 0.2) is 0 Å². The van der Waals surface area contributed by atoms with Crippen LogP contribution in [0.15, 0.2) is 0 Å². The summed E-state index contributed by atoms with van der Waals surface area (Å²) in [6, 6.07) is 0. The Balaban J connectivity index is 1.81. The molecule has 0 saturated carbocycles. The summed E-state index contributed by atoms with van der Waals surface area (Å²) in [6.45, 7) is 6.54. The van der Waals surface area contributed by atoms with Crippen molar-refractivity contribution in [2.24, 2.45) is 5.92 Å². The minimum Gasteiger partial charge on any atom is -0.450 e. The summed E-state index contributed by atoms with van der Waals surface area (Å²) < 4.78 is 4.98. The van der Waals surface area contributed by atoms with Crippen molar-refractivity contribution in [3.63, 3.8) is 0 Å². The molecule has 2 fully saturated rings. The zero-order chi connectivity index (χ0) is 14.5. The second kappa shape index (κ2) is 6.92. The Morgan fingerprint density at radius 2 is 1.75 bits per heavy atom. The molecule has 0 aromatic heterocycles. The summed E-state index contributed by atoms with van der Waals surface area (Å²) in [5.41, 5.74) is 0. The molecule has 0 aliphatic carbocycles. The molecule has 0 spiro atoms. The molecule has 2 heterocycles. The van der Waals surface area contributed by atoms with Crippen molar-refractivity contribution in [1.29, 1.82) is 0 Å². The Kier molecular flexibility index (Phi) is 5.23. The van der Waals surface area contributed by atoms with Crippen LogP contribution >= 0.6 is 0 Å². The monoisotopic (exact) mass is 283 g/mol. The first-order chi connectivity index (χ1) is 9.61. The lowest BCUT2D eigenvalue weighted by Gasteiger charge is -2.37. The summed E-state index contributed by atoms with van der Waals surface area (Å²) in [6.07, 6.45) is 1.81. The molecule has 0 aromatic rings. The van der Waals surface area contributed by atoms with Crippen LogP contribution in [0.3, 0.4) is 0 Å². The van der Waals surface area contributed by atoms with E-state index in [0.29, 0.717) is 32.8 Å². The Hall–Kier alpha value is -1.30. The van der Waals surface area contributed by atoms with Gasteiger partial charge in [-0.05, 0) is 33.4 Å². The van der Waals surface area contributed by atoms with E-state index in [9.17, 15) is 9.59 Å². The number of piperidine rings is 1. The van der Waals surface area contributed by atoms with Gasteiger partial charge in [0.25, 0.3) is 0 Å². The van der Waals surface area contributed by atoms with Gasteiger partial charge in [0.1, 0.15) is 0 Å². The molecule has 2 rings (SSSR count). The van der Waals surface area contributed by atoms with E-state index in [-0.39, 0.29) is 17.9 Å². The highest BCUT2D eigenvalue weighted by atomic mass is 16.6. The van der Waals surface area contributed by atoms with E-state index >= 15 is 0 Å². The molecular formula is C14H25N3O3. The molecule has 114 valence electrons. The molecule has 20 heavy (non-hydrogen) atoms. The number of hydrogen-bond acceptors (Lipinski definition) is 4. The number of amides is 2. The van der Waals surface area contributed by atoms with Crippen molar-refractivity contribution in [1.82, 2.24) is 14.7 Å². The van der Waals surface area contributed by atoms with Crippen LogP contribution in [0.4, 0.5) is 4.79 Å². The number of rotatable bonds is 2. The van der Waals surface area contributed by atoms with Crippen LogP contribution in [0.25, 0.3) is 0 Å². The highest BCUT2D eigenvalue weighted by Gasteiger charge is 2.31. The molecular weight excluding hydrogens is 258 g/mol. The van der Waals surface area contributed by atoms with E-state index in [2.05, 4.69) is 11.9 Å². The molecule has 1 atom stereocenters. The molecule has 0 radical (unpaired) electrons. The van der Waals surface area contributed by atoms with E-state index in [0.717, 1.165) is 25.9 Å². The summed E-state index contributed by atoms with van der Waals surface area (Å²) in [7, 11) is 2.07.